The maximum Gasteiger partial charge on any atom is 0.254 e. The standard InChI is InChI=1S/C25H29ClN6O2/c26-22-11-21(4-1-17(22)12-27)34-20-5-2-19(3-6-20)31-23(33)18-13-29-24(30-14-18)32-15-25(16-32)7-9-28-10-8-25/h1,4,11,13-14,19-20,28H,2-3,5-10,15-16H2,(H,31,33)/t19-,20-. The van der Waals surface area contributed by atoms with Crippen molar-refractivity contribution in [2.45, 2.75) is 50.7 Å². The van der Waals surface area contributed by atoms with Crippen molar-refractivity contribution in [3.05, 3.63) is 46.7 Å². The number of hydrogen-bond acceptors (Lipinski definition) is 7. The summed E-state index contributed by atoms with van der Waals surface area (Å²) in [5, 5.41) is 15.9. The summed E-state index contributed by atoms with van der Waals surface area (Å²) in [7, 11) is 0. The van der Waals surface area contributed by atoms with Crippen molar-refractivity contribution < 1.29 is 9.53 Å². The van der Waals surface area contributed by atoms with Gasteiger partial charge in [0.2, 0.25) is 5.95 Å². The molecule has 3 heterocycles. The SMILES string of the molecule is N#Cc1ccc(O[C@H]2CC[C@H](NC(=O)c3cnc(N4CC5(CCNCC5)C4)nc3)CC2)cc1Cl. The molecule has 8 nitrogen and oxygen atoms in total. The highest BCUT2D eigenvalue weighted by Crippen LogP contribution is 2.39. The van der Waals surface area contributed by atoms with E-state index in [4.69, 9.17) is 21.6 Å². The Morgan fingerprint density at radius 3 is 2.53 bits per heavy atom. The van der Waals surface area contributed by atoms with Gasteiger partial charge in [-0.25, -0.2) is 9.97 Å². The summed E-state index contributed by atoms with van der Waals surface area (Å²) in [5.74, 6) is 1.25. The van der Waals surface area contributed by atoms with Crippen LogP contribution in [0.5, 0.6) is 5.75 Å². The molecule has 1 spiro atoms. The smallest absolute Gasteiger partial charge is 0.254 e. The van der Waals surface area contributed by atoms with E-state index < -0.39 is 0 Å². The lowest BCUT2D eigenvalue weighted by atomic mass is 9.72. The van der Waals surface area contributed by atoms with Crippen molar-refractivity contribution in [1.82, 2.24) is 20.6 Å². The van der Waals surface area contributed by atoms with Crippen LogP contribution in [0.1, 0.15) is 54.4 Å². The quantitative estimate of drug-likeness (QED) is 0.676. The Bertz CT molecular complexity index is 1060. The third-order valence-corrected chi connectivity index (χ3v) is 7.59. The van der Waals surface area contributed by atoms with E-state index >= 15 is 0 Å². The molecule has 1 saturated carbocycles. The molecular formula is C25H29ClN6O2. The highest BCUT2D eigenvalue weighted by atomic mass is 35.5. The number of amides is 1. The summed E-state index contributed by atoms with van der Waals surface area (Å²) in [6, 6.07) is 7.28. The predicted octanol–water partition coefficient (Wildman–Crippen LogP) is 3.31. The van der Waals surface area contributed by atoms with Crippen LogP contribution in [0.2, 0.25) is 5.02 Å². The second-order valence-electron chi connectivity index (χ2n) is 9.70. The summed E-state index contributed by atoms with van der Waals surface area (Å²) >= 11 is 6.09. The van der Waals surface area contributed by atoms with E-state index in [1.807, 2.05) is 6.07 Å². The maximum absolute atomic E-state index is 12.7. The molecule has 0 bridgehead atoms. The van der Waals surface area contributed by atoms with Gasteiger partial charge in [0.1, 0.15) is 11.8 Å². The monoisotopic (exact) mass is 480 g/mol. The molecule has 1 aromatic carbocycles. The number of carbonyl (C=O) groups excluding carboxylic acids is 1. The fourth-order valence-corrected chi connectivity index (χ4v) is 5.44. The van der Waals surface area contributed by atoms with Gasteiger partial charge in [0.15, 0.2) is 0 Å². The van der Waals surface area contributed by atoms with Gasteiger partial charge < -0.3 is 20.3 Å². The topological polar surface area (TPSA) is 103 Å². The molecule has 2 aromatic rings. The van der Waals surface area contributed by atoms with Crippen LogP contribution in [0.15, 0.2) is 30.6 Å². The Hall–Kier alpha value is -2.89. The molecule has 2 aliphatic heterocycles. The van der Waals surface area contributed by atoms with Crippen molar-refractivity contribution in [1.29, 1.82) is 5.26 Å². The normalized spacial score (nSPS) is 23.6. The van der Waals surface area contributed by atoms with E-state index in [1.165, 1.54) is 12.8 Å². The number of carbonyl (C=O) groups is 1. The minimum atomic E-state index is -0.131. The largest absolute Gasteiger partial charge is 0.490 e. The van der Waals surface area contributed by atoms with Gasteiger partial charge in [-0.05, 0) is 63.7 Å². The van der Waals surface area contributed by atoms with Crippen LogP contribution in [0.3, 0.4) is 0 Å². The van der Waals surface area contributed by atoms with E-state index in [2.05, 4.69) is 25.5 Å². The zero-order chi connectivity index (χ0) is 23.5. The molecule has 178 valence electrons. The number of hydrogen-bond donors (Lipinski definition) is 2. The molecule has 0 radical (unpaired) electrons. The van der Waals surface area contributed by atoms with Crippen molar-refractivity contribution >= 4 is 23.5 Å². The number of ether oxygens (including phenoxy) is 1. The fraction of sp³-hybridized carbons (Fsp3) is 0.520. The molecule has 3 fully saturated rings. The molecule has 1 aliphatic carbocycles. The van der Waals surface area contributed by atoms with Crippen LogP contribution >= 0.6 is 11.6 Å². The number of nitriles is 1. The number of benzene rings is 1. The average molecular weight is 481 g/mol. The Morgan fingerprint density at radius 1 is 1.18 bits per heavy atom. The van der Waals surface area contributed by atoms with E-state index in [-0.39, 0.29) is 18.1 Å². The number of halogens is 1. The first-order valence-corrected chi connectivity index (χ1v) is 12.4. The van der Waals surface area contributed by atoms with Gasteiger partial charge in [0.25, 0.3) is 5.91 Å². The lowest BCUT2D eigenvalue weighted by molar-refractivity contribution is 0.0893. The Labute approximate surface area is 204 Å². The van der Waals surface area contributed by atoms with Gasteiger partial charge in [-0.1, -0.05) is 11.6 Å². The molecule has 1 amide bonds. The van der Waals surface area contributed by atoms with Gasteiger partial charge in [-0.3, -0.25) is 4.79 Å². The van der Waals surface area contributed by atoms with E-state index in [0.29, 0.717) is 33.3 Å². The van der Waals surface area contributed by atoms with Crippen molar-refractivity contribution in [3.8, 4) is 11.8 Å². The van der Waals surface area contributed by atoms with Gasteiger partial charge >= 0.3 is 0 Å². The zero-order valence-electron chi connectivity index (χ0n) is 19.1. The number of rotatable bonds is 5. The van der Waals surface area contributed by atoms with Crippen LogP contribution in [0.4, 0.5) is 5.95 Å². The molecule has 1 aromatic heterocycles. The Balaban J connectivity index is 1.08. The van der Waals surface area contributed by atoms with Crippen LogP contribution in [-0.4, -0.2) is 54.2 Å². The van der Waals surface area contributed by atoms with Crippen LogP contribution in [0.25, 0.3) is 0 Å². The van der Waals surface area contributed by atoms with Crippen molar-refractivity contribution in [2.75, 3.05) is 31.1 Å². The zero-order valence-corrected chi connectivity index (χ0v) is 19.9. The predicted molar refractivity (Wildman–Crippen MR) is 129 cm³/mol. The number of nitrogens with one attached hydrogen (secondary N) is 2. The molecule has 2 saturated heterocycles. The molecule has 3 aliphatic rings. The van der Waals surface area contributed by atoms with Crippen LogP contribution < -0.4 is 20.3 Å². The Morgan fingerprint density at radius 2 is 1.88 bits per heavy atom. The fourth-order valence-electron chi connectivity index (χ4n) is 5.23. The summed E-state index contributed by atoms with van der Waals surface area (Å²) in [6.45, 7) is 4.18. The van der Waals surface area contributed by atoms with Gasteiger partial charge in [-0.15, -0.1) is 0 Å². The summed E-state index contributed by atoms with van der Waals surface area (Å²) < 4.78 is 6.03. The third-order valence-electron chi connectivity index (χ3n) is 7.27. The Kier molecular flexibility index (Phi) is 6.57. The number of aromatic nitrogens is 2. The van der Waals surface area contributed by atoms with Crippen molar-refractivity contribution in [2.24, 2.45) is 5.41 Å². The first-order valence-electron chi connectivity index (χ1n) is 12.0. The van der Waals surface area contributed by atoms with E-state index in [1.54, 1.807) is 30.6 Å². The minimum absolute atomic E-state index is 0.0690. The summed E-state index contributed by atoms with van der Waals surface area (Å²) in [4.78, 5) is 23.8. The summed E-state index contributed by atoms with van der Waals surface area (Å²) in [5.41, 5.74) is 1.35. The van der Waals surface area contributed by atoms with Gasteiger partial charge in [0.05, 0.1) is 22.3 Å². The van der Waals surface area contributed by atoms with Crippen molar-refractivity contribution in [3.63, 3.8) is 0 Å². The number of nitrogens with zero attached hydrogens (tertiary/aromatic N) is 4. The highest BCUT2D eigenvalue weighted by molar-refractivity contribution is 6.31. The molecule has 5 rings (SSSR count). The molecule has 0 atom stereocenters. The maximum atomic E-state index is 12.7. The minimum Gasteiger partial charge on any atom is -0.490 e. The average Bonchev–Trinajstić information content (AvgIpc) is 2.84. The number of anilines is 1. The third kappa shape index (κ3) is 4.96. The van der Waals surface area contributed by atoms with Gasteiger partial charge in [0, 0.05) is 43.0 Å². The van der Waals surface area contributed by atoms with E-state index in [9.17, 15) is 4.79 Å². The van der Waals surface area contributed by atoms with Gasteiger partial charge in [-0.2, -0.15) is 5.26 Å². The summed E-state index contributed by atoms with van der Waals surface area (Å²) in [6.07, 6.45) is 9.10. The molecule has 0 unspecified atom stereocenters. The first-order chi connectivity index (χ1) is 16.5. The van der Waals surface area contributed by atoms with Crippen LogP contribution in [0, 0.1) is 16.7 Å². The van der Waals surface area contributed by atoms with Crippen LogP contribution in [-0.2, 0) is 0 Å². The first kappa shape index (κ1) is 22.9. The molecular weight excluding hydrogens is 452 g/mol. The lowest BCUT2D eigenvalue weighted by Gasteiger charge is -2.52. The molecule has 2 N–H and O–H groups in total. The second-order valence-corrected chi connectivity index (χ2v) is 10.1. The molecule has 34 heavy (non-hydrogen) atoms. The highest BCUT2D eigenvalue weighted by Gasteiger charge is 2.44. The molecule has 9 heteroatoms. The van der Waals surface area contributed by atoms with E-state index in [0.717, 1.165) is 51.9 Å². The second kappa shape index (κ2) is 9.77. The number of piperidine rings is 1. The lowest BCUT2D eigenvalue weighted by Crippen LogP contribution is -2.60.